The zero-order valence-electron chi connectivity index (χ0n) is 11.6. The second-order valence-electron chi connectivity index (χ2n) is 5.55. The summed E-state index contributed by atoms with van der Waals surface area (Å²) in [5.74, 6) is 0.664. The Morgan fingerprint density at radius 3 is 2.20 bits per heavy atom. The molecule has 3 rings (SSSR count). The van der Waals surface area contributed by atoms with Crippen molar-refractivity contribution in [2.24, 2.45) is 5.73 Å². The molecule has 0 aliphatic heterocycles. The second-order valence-corrected chi connectivity index (χ2v) is 6.87. The molecule has 20 heavy (non-hydrogen) atoms. The largest absolute Gasteiger partial charge is 0.327 e. The molecule has 0 amide bonds. The van der Waals surface area contributed by atoms with Crippen LogP contribution in [0, 0.1) is 0 Å². The quantitative estimate of drug-likeness (QED) is 0.901. The van der Waals surface area contributed by atoms with Gasteiger partial charge in [0.1, 0.15) is 0 Å². The van der Waals surface area contributed by atoms with E-state index in [2.05, 4.69) is 60.7 Å². The highest BCUT2D eigenvalue weighted by molar-refractivity contribution is 8.00. The van der Waals surface area contributed by atoms with Gasteiger partial charge in [0.25, 0.3) is 0 Å². The fraction of sp³-hybridized carbons (Fsp3) is 0.333. The Morgan fingerprint density at radius 1 is 0.850 bits per heavy atom. The van der Waals surface area contributed by atoms with Crippen LogP contribution in [0.15, 0.2) is 65.6 Å². The van der Waals surface area contributed by atoms with Gasteiger partial charge in [-0.3, -0.25) is 0 Å². The van der Waals surface area contributed by atoms with Gasteiger partial charge >= 0.3 is 0 Å². The molecule has 0 saturated heterocycles. The molecule has 1 aliphatic carbocycles. The maximum atomic E-state index is 6.35. The van der Waals surface area contributed by atoms with Gasteiger partial charge < -0.3 is 5.73 Å². The molecule has 0 heterocycles. The lowest BCUT2D eigenvalue weighted by molar-refractivity contribution is 0.406. The summed E-state index contributed by atoms with van der Waals surface area (Å²) < 4.78 is 0. The van der Waals surface area contributed by atoms with Crippen molar-refractivity contribution in [2.45, 2.75) is 41.4 Å². The monoisotopic (exact) mass is 283 g/mol. The van der Waals surface area contributed by atoms with Crippen LogP contribution in [0.2, 0.25) is 0 Å². The molecule has 1 saturated carbocycles. The van der Waals surface area contributed by atoms with Crippen molar-refractivity contribution in [2.75, 3.05) is 0 Å². The van der Waals surface area contributed by atoms with Crippen molar-refractivity contribution in [1.29, 1.82) is 0 Å². The van der Waals surface area contributed by atoms with E-state index in [-0.39, 0.29) is 0 Å². The van der Waals surface area contributed by atoms with E-state index in [9.17, 15) is 0 Å². The van der Waals surface area contributed by atoms with Crippen molar-refractivity contribution in [3.05, 3.63) is 66.2 Å². The van der Waals surface area contributed by atoms with Gasteiger partial charge in [0.2, 0.25) is 0 Å². The first-order valence-corrected chi connectivity index (χ1v) is 8.23. The third-order valence-electron chi connectivity index (χ3n) is 4.14. The van der Waals surface area contributed by atoms with Gasteiger partial charge in [-0.1, -0.05) is 48.5 Å². The van der Waals surface area contributed by atoms with Crippen LogP contribution in [0.5, 0.6) is 0 Å². The Morgan fingerprint density at radius 2 is 1.50 bits per heavy atom. The van der Waals surface area contributed by atoms with E-state index in [1.54, 1.807) is 0 Å². The summed E-state index contributed by atoms with van der Waals surface area (Å²) in [5.41, 5.74) is 7.82. The molecule has 0 radical (unpaired) electrons. The molecule has 104 valence electrons. The number of hydrogen-bond donors (Lipinski definition) is 1. The molecule has 1 fully saturated rings. The van der Waals surface area contributed by atoms with Gasteiger partial charge in [0.15, 0.2) is 0 Å². The minimum absolute atomic E-state index is 0.320. The zero-order chi connectivity index (χ0) is 13.8. The van der Waals surface area contributed by atoms with Crippen LogP contribution in [-0.2, 0) is 0 Å². The Bertz CT molecular complexity index is 526. The van der Waals surface area contributed by atoms with E-state index >= 15 is 0 Å². The number of thioether (sulfide) groups is 1. The maximum absolute atomic E-state index is 6.35. The fourth-order valence-electron chi connectivity index (χ4n) is 2.99. The minimum Gasteiger partial charge on any atom is -0.327 e. The Labute approximate surface area is 125 Å². The van der Waals surface area contributed by atoms with Gasteiger partial charge in [0.05, 0.1) is 0 Å². The van der Waals surface area contributed by atoms with Crippen molar-refractivity contribution in [1.82, 2.24) is 0 Å². The molecule has 0 bridgehead atoms. The van der Waals surface area contributed by atoms with E-state index < -0.39 is 0 Å². The summed E-state index contributed by atoms with van der Waals surface area (Å²) in [6.45, 7) is 0. The van der Waals surface area contributed by atoms with E-state index in [4.69, 9.17) is 5.73 Å². The second kappa shape index (κ2) is 6.47. The van der Waals surface area contributed by atoms with Crippen LogP contribution in [-0.4, -0.2) is 11.3 Å². The average Bonchev–Trinajstić information content (AvgIpc) is 2.51. The Kier molecular flexibility index (Phi) is 4.44. The normalized spacial score (nSPS) is 26.4. The molecule has 0 spiro atoms. The van der Waals surface area contributed by atoms with Gasteiger partial charge in [-0.2, -0.15) is 0 Å². The summed E-state index contributed by atoms with van der Waals surface area (Å²) in [6.07, 6.45) is 3.53. The molecule has 1 nitrogen and oxygen atoms in total. The molecule has 3 unspecified atom stereocenters. The summed E-state index contributed by atoms with van der Waals surface area (Å²) in [6, 6.07) is 21.8. The highest BCUT2D eigenvalue weighted by Gasteiger charge is 2.29. The minimum atomic E-state index is 0.320. The third kappa shape index (κ3) is 3.25. The van der Waals surface area contributed by atoms with Gasteiger partial charge in [-0.15, -0.1) is 11.8 Å². The predicted molar refractivity (Wildman–Crippen MR) is 87.1 cm³/mol. The highest BCUT2D eigenvalue weighted by atomic mass is 32.2. The Balaban J connectivity index is 1.71. The fourth-order valence-corrected chi connectivity index (χ4v) is 4.29. The third-order valence-corrected chi connectivity index (χ3v) is 5.53. The van der Waals surface area contributed by atoms with E-state index in [0.29, 0.717) is 17.2 Å². The van der Waals surface area contributed by atoms with Crippen LogP contribution in [0.4, 0.5) is 0 Å². The van der Waals surface area contributed by atoms with E-state index in [0.717, 1.165) is 6.42 Å². The van der Waals surface area contributed by atoms with Gasteiger partial charge in [0, 0.05) is 16.2 Å². The predicted octanol–water partition coefficient (Wildman–Crippen LogP) is 4.44. The van der Waals surface area contributed by atoms with Crippen molar-refractivity contribution in [3.8, 4) is 0 Å². The lowest BCUT2D eigenvalue weighted by atomic mass is 9.82. The summed E-state index contributed by atoms with van der Waals surface area (Å²) in [7, 11) is 0. The summed E-state index contributed by atoms with van der Waals surface area (Å²) in [4.78, 5) is 1.33. The standard InChI is InChI=1S/C18H21NS/c19-17-12-11-15(14-7-3-1-4-8-14)13-18(17)20-16-9-5-2-6-10-16/h1-10,15,17-18H,11-13,19H2. The molecular formula is C18H21NS. The summed E-state index contributed by atoms with van der Waals surface area (Å²) in [5, 5.41) is 0.524. The molecule has 2 N–H and O–H groups in total. The number of nitrogens with two attached hydrogens (primary N) is 1. The average molecular weight is 283 g/mol. The number of rotatable bonds is 3. The van der Waals surface area contributed by atoms with Crippen LogP contribution in [0.25, 0.3) is 0 Å². The lowest BCUT2D eigenvalue weighted by Crippen LogP contribution is -2.37. The molecule has 2 heteroatoms. The molecule has 0 aromatic heterocycles. The van der Waals surface area contributed by atoms with Crippen LogP contribution < -0.4 is 5.73 Å². The van der Waals surface area contributed by atoms with Crippen molar-refractivity contribution in [3.63, 3.8) is 0 Å². The first-order valence-electron chi connectivity index (χ1n) is 7.35. The van der Waals surface area contributed by atoms with Gasteiger partial charge in [-0.25, -0.2) is 0 Å². The van der Waals surface area contributed by atoms with Crippen LogP contribution >= 0.6 is 11.8 Å². The molecule has 2 aromatic rings. The first kappa shape index (κ1) is 13.7. The first-order chi connectivity index (χ1) is 9.83. The SMILES string of the molecule is NC1CCC(c2ccccc2)CC1Sc1ccccc1. The lowest BCUT2D eigenvalue weighted by Gasteiger charge is -2.34. The zero-order valence-corrected chi connectivity index (χ0v) is 12.4. The maximum Gasteiger partial charge on any atom is 0.0252 e. The number of benzene rings is 2. The van der Waals surface area contributed by atoms with E-state index in [1.807, 2.05) is 11.8 Å². The van der Waals surface area contributed by atoms with Crippen LogP contribution in [0.1, 0.15) is 30.7 Å². The van der Waals surface area contributed by atoms with Gasteiger partial charge in [-0.05, 0) is 42.9 Å². The summed E-state index contributed by atoms with van der Waals surface area (Å²) >= 11 is 1.95. The number of hydrogen-bond acceptors (Lipinski definition) is 2. The van der Waals surface area contributed by atoms with Crippen molar-refractivity contribution >= 4 is 11.8 Å². The molecular weight excluding hydrogens is 262 g/mol. The molecule has 2 aromatic carbocycles. The smallest absolute Gasteiger partial charge is 0.0252 e. The van der Waals surface area contributed by atoms with Crippen LogP contribution in [0.3, 0.4) is 0 Å². The van der Waals surface area contributed by atoms with Crippen molar-refractivity contribution < 1.29 is 0 Å². The van der Waals surface area contributed by atoms with E-state index in [1.165, 1.54) is 23.3 Å². The highest BCUT2D eigenvalue weighted by Crippen LogP contribution is 2.39. The molecule has 3 atom stereocenters. The topological polar surface area (TPSA) is 26.0 Å². The Hall–Kier alpha value is -1.25. The molecule has 1 aliphatic rings.